The Kier molecular flexibility index (Phi) is 4.82. The molecule has 2 heterocycles. The molecule has 0 unspecified atom stereocenters. The quantitative estimate of drug-likeness (QED) is 0.462. The molecule has 0 aliphatic heterocycles. The van der Waals surface area contributed by atoms with Gasteiger partial charge in [0, 0.05) is 35.3 Å². The molecular weight excluding hydrogens is 379 g/mol. The summed E-state index contributed by atoms with van der Waals surface area (Å²) in [5.41, 5.74) is 5.91. The fourth-order valence-corrected chi connectivity index (χ4v) is 3.55. The summed E-state index contributed by atoms with van der Waals surface area (Å²) in [7, 11) is 0. The molecular formula is C22H20F3N3O. The standard InChI is InChI=1S/C22H20F3N3O/c1-14-12-15(2)28(27-14)11-10-18-13-17-4-3-5-20(21(17)26-18)16-6-8-19(9-7-16)29-22(23,24)25/h3-9,12-13,26H,10-11H2,1-2H3. The SMILES string of the molecule is Cc1cc(C)n(CCc2cc3cccc(-c4ccc(OC(F)(F)F)cc4)c3[nH]2)n1. The van der Waals surface area contributed by atoms with Gasteiger partial charge in [0.2, 0.25) is 0 Å². The van der Waals surface area contributed by atoms with Crippen LogP contribution in [-0.2, 0) is 13.0 Å². The molecule has 150 valence electrons. The lowest BCUT2D eigenvalue weighted by Gasteiger charge is -2.10. The van der Waals surface area contributed by atoms with Crippen LogP contribution in [0.4, 0.5) is 13.2 Å². The van der Waals surface area contributed by atoms with E-state index in [0.717, 1.165) is 52.1 Å². The first-order valence-corrected chi connectivity index (χ1v) is 9.26. The van der Waals surface area contributed by atoms with E-state index >= 15 is 0 Å². The first-order chi connectivity index (χ1) is 13.8. The van der Waals surface area contributed by atoms with E-state index in [-0.39, 0.29) is 5.75 Å². The van der Waals surface area contributed by atoms with Crippen molar-refractivity contribution in [1.29, 1.82) is 0 Å². The van der Waals surface area contributed by atoms with Crippen LogP contribution in [-0.4, -0.2) is 21.1 Å². The Hall–Kier alpha value is -3.22. The molecule has 1 N–H and O–H groups in total. The zero-order valence-corrected chi connectivity index (χ0v) is 16.0. The number of aromatic amines is 1. The molecule has 0 aliphatic rings. The van der Waals surface area contributed by atoms with Gasteiger partial charge in [-0.25, -0.2) is 0 Å². The van der Waals surface area contributed by atoms with Gasteiger partial charge in [0.1, 0.15) is 5.75 Å². The van der Waals surface area contributed by atoms with Crippen LogP contribution in [0.1, 0.15) is 17.1 Å². The lowest BCUT2D eigenvalue weighted by atomic mass is 10.0. The Balaban J connectivity index is 1.58. The number of fused-ring (bicyclic) bond motifs is 1. The summed E-state index contributed by atoms with van der Waals surface area (Å²) in [5, 5.41) is 5.55. The maximum absolute atomic E-state index is 12.4. The molecule has 0 saturated heterocycles. The van der Waals surface area contributed by atoms with Crippen LogP contribution in [0, 0.1) is 13.8 Å². The number of benzene rings is 2. The van der Waals surface area contributed by atoms with Gasteiger partial charge < -0.3 is 9.72 Å². The predicted molar refractivity (Wildman–Crippen MR) is 106 cm³/mol. The fourth-order valence-electron chi connectivity index (χ4n) is 3.55. The van der Waals surface area contributed by atoms with Crippen LogP contribution in [0.5, 0.6) is 5.75 Å². The summed E-state index contributed by atoms with van der Waals surface area (Å²) in [6.45, 7) is 4.78. The number of aryl methyl sites for hydroxylation is 4. The maximum atomic E-state index is 12.4. The number of para-hydroxylation sites is 1. The normalized spacial score (nSPS) is 11.9. The molecule has 0 atom stereocenters. The summed E-state index contributed by atoms with van der Waals surface area (Å²) < 4.78 is 43.0. The average molecular weight is 399 g/mol. The van der Waals surface area contributed by atoms with Crippen molar-refractivity contribution < 1.29 is 17.9 Å². The van der Waals surface area contributed by atoms with Gasteiger partial charge in [0.05, 0.1) is 11.2 Å². The number of hydrogen-bond donors (Lipinski definition) is 1. The van der Waals surface area contributed by atoms with Gasteiger partial charge in [0.15, 0.2) is 0 Å². The van der Waals surface area contributed by atoms with Crippen molar-refractivity contribution in [2.45, 2.75) is 33.2 Å². The average Bonchev–Trinajstić information content (AvgIpc) is 3.21. The number of nitrogens with one attached hydrogen (secondary N) is 1. The summed E-state index contributed by atoms with van der Waals surface area (Å²) in [6, 6.07) is 16.0. The molecule has 0 saturated carbocycles. The van der Waals surface area contributed by atoms with E-state index in [9.17, 15) is 13.2 Å². The molecule has 0 amide bonds. The van der Waals surface area contributed by atoms with Gasteiger partial charge in [-0.15, -0.1) is 13.2 Å². The van der Waals surface area contributed by atoms with Crippen LogP contribution in [0.25, 0.3) is 22.0 Å². The third-order valence-corrected chi connectivity index (χ3v) is 4.81. The van der Waals surface area contributed by atoms with Gasteiger partial charge in [-0.1, -0.05) is 30.3 Å². The monoisotopic (exact) mass is 399 g/mol. The number of nitrogens with zero attached hydrogens (tertiary/aromatic N) is 2. The largest absolute Gasteiger partial charge is 0.573 e. The van der Waals surface area contributed by atoms with Crippen molar-refractivity contribution >= 4 is 10.9 Å². The van der Waals surface area contributed by atoms with E-state index < -0.39 is 6.36 Å². The van der Waals surface area contributed by atoms with E-state index in [1.807, 2.05) is 36.7 Å². The fraction of sp³-hybridized carbons (Fsp3) is 0.227. The number of H-pyrrole nitrogens is 1. The Morgan fingerprint density at radius 2 is 1.79 bits per heavy atom. The minimum atomic E-state index is -4.69. The second-order valence-electron chi connectivity index (χ2n) is 7.04. The lowest BCUT2D eigenvalue weighted by molar-refractivity contribution is -0.274. The van der Waals surface area contributed by atoms with Gasteiger partial charge in [-0.3, -0.25) is 4.68 Å². The Bertz CT molecular complexity index is 1140. The Labute approximate surface area is 165 Å². The molecule has 4 rings (SSSR count). The number of aromatic nitrogens is 3. The van der Waals surface area contributed by atoms with Gasteiger partial charge in [-0.05, 0) is 43.7 Å². The van der Waals surface area contributed by atoms with E-state index in [1.165, 1.54) is 12.1 Å². The molecule has 2 aromatic carbocycles. The van der Waals surface area contributed by atoms with Gasteiger partial charge >= 0.3 is 6.36 Å². The summed E-state index contributed by atoms with van der Waals surface area (Å²) in [6.07, 6.45) is -3.89. The van der Waals surface area contributed by atoms with Crippen molar-refractivity contribution in [3.8, 4) is 16.9 Å². The molecule has 4 nitrogen and oxygen atoms in total. The van der Waals surface area contributed by atoms with E-state index in [0.29, 0.717) is 0 Å². The molecule has 0 radical (unpaired) electrons. The third-order valence-electron chi connectivity index (χ3n) is 4.81. The van der Waals surface area contributed by atoms with Crippen molar-refractivity contribution in [2.24, 2.45) is 0 Å². The summed E-state index contributed by atoms with van der Waals surface area (Å²) >= 11 is 0. The molecule has 0 fully saturated rings. The molecule has 0 spiro atoms. The van der Waals surface area contributed by atoms with Gasteiger partial charge in [0.25, 0.3) is 0 Å². The minimum Gasteiger partial charge on any atom is -0.406 e. The zero-order chi connectivity index (χ0) is 20.6. The highest BCUT2D eigenvalue weighted by atomic mass is 19.4. The molecule has 0 bridgehead atoms. The van der Waals surface area contributed by atoms with Crippen molar-refractivity contribution in [2.75, 3.05) is 0 Å². The van der Waals surface area contributed by atoms with Crippen LogP contribution in [0.15, 0.2) is 54.6 Å². The molecule has 0 aliphatic carbocycles. The first kappa shape index (κ1) is 19.1. The van der Waals surface area contributed by atoms with Crippen molar-refractivity contribution in [3.63, 3.8) is 0 Å². The van der Waals surface area contributed by atoms with E-state index in [4.69, 9.17) is 0 Å². The first-order valence-electron chi connectivity index (χ1n) is 9.26. The van der Waals surface area contributed by atoms with Crippen molar-refractivity contribution in [1.82, 2.24) is 14.8 Å². The van der Waals surface area contributed by atoms with Crippen LogP contribution < -0.4 is 4.74 Å². The van der Waals surface area contributed by atoms with Crippen LogP contribution in [0.2, 0.25) is 0 Å². The molecule has 4 aromatic rings. The maximum Gasteiger partial charge on any atom is 0.573 e. The number of halogens is 3. The second-order valence-corrected chi connectivity index (χ2v) is 7.04. The number of rotatable bonds is 5. The Morgan fingerprint density at radius 3 is 2.45 bits per heavy atom. The summed E-state index contributed by atoms with van der Waals surface area (Å²) in [5.74, 6) is -0.231. The van der Waals surface area contributed by atoms with Crippen LogP contribution in [0.3, 0.4) is 0 Å². The smallest absolute Gasteiger partial charge is 0.406 e. The topological polar surface area (TPSA) is 42.8 Å². The predicted octanol–water partition coefficient (Wildman–Crippen LogP) is 5.79. The molecule has 2 aromatic heterocycles. The number of alkyl halides is 3. The zero-order valence-electron chi connectivity index (χ0n) is 16.0. The lowest BCUT2D eigenvalue weighted by Crippen LogP contribution is -2.16. The number of hydrogen-bond acceptors (Lipinski definition) is 2. The van der Waals surface area contributed by atoms with Gasteiger partial charge in [-0.2, -0.15) is 5.10 Å². The third kappa shape index (κ3) is 4.29. The highest BCUT2D eigenvalue weighted by Crippen LogP contribution is 2.31. The highest BCUT2D eigenvalue weighted by Gasteiger charge is 2.31. The van der Waals surface area contributed by atoms with E-state index in [1.54, 1.807) is 12.1 Å². The Morgan fingerprint density at radius 1 is 1.03 bits per heavy atom. The van der Waals surface area contributed by atoms with E-state index in [2.05, 4.69) is 27.0 Å². The molecule has 29 heavy (non-hydrogen) atoms. The second kappa shape index (κ2) is 7.31. The van der Waals surface area contributed by atoms with Crippen LogP contribution >= 0.6 is 0 Å². The summed E-state index contributed by atoms with van der Waals surface area (Å²) in [4.78, 5) is 3.46. The molecule has 7 heteroatoms. The van der Waals surface area contributed by atoms with Crippen molar-refractivity contribution in [3.05, 3.63) is 71.7 Å². The highest BCUT2D eigenvalue weighted by molar-refractivity contribution is 5.94. The number of ether oxygens (including phenoxy) is 1. The minimum absolute atomic E-state index is 0.231.